The molecule has 0 spiro atoms. The molecule has 1 fully saturated rings. The van der Waals surface area contributed by atoms with E-state index in [0.717, 1.165) is 38.8 Å². The first kappa shape index (κ1) is 17.8. The molecule has 0 unspecified atom stereocenters. The molecule has 4 aromatic rings. The quantitative estimate of drug-likeness (QED) is 0.410. The molecule has 0 bridgehead atoms. The lowest BCUT2D eigenvalue weighted by Crippen LogP contribution is -2.12. The molecule has 9 heteroatoms. The number of carbonyl (C=O) groups is 1. The number of aromatic nitrogens is 3. The fraction of sp³-hybridized carbons (Fsp3) is 0.263. The van der Waals surface area contributed by atoms with Crippen LogP contribution in [-0.4, -0.2) is 21.1 Å². The van der Waals surface area contributed by atoms with Gasteiger partial charge in [-0.05, 0) is 25.8 Å². The third-order valence-electron chi connectivity index (χ3n) is 4.43. The number of benzene rings is 1. The van der Waals surface area contributed by atoms with Crippen molar-refractivity contribution in [3.05, 3.63) is 51.7 Å². The van der Waals surface area contributed by atoms with Crippen LogP contribution in [0.2, 0.25) is 0 Å². The van der Waals surface area contributed by atoms with Crippen molar-refractivity contribution in [2.45, 2.75) is 35.8 Å². The average Bonchev–Trinajstić information content (AvgIpc) is 3.12. The molecule has 3 heterocycles. The molecule has 1 aliphatic rings. The van der Waals surface area contributed by atoms with E-state index >= 15 is 0 Å². The SMILES string of the molecule is Cc1csc(SCc2c(C(=O)Nc3nnc(C4CC4)s3)oc3ccccc23)n1. The van der Waals surface area contributed by atoms with Crippen molar-refractivity contribution < 1.29 is 9.21 Å². The molecule has 1 N–H and O–H groups in total. The number of thiazole rings is 1. The predicted octanol–water partition coefficient (Wildman–Crippen LogP) is 5.47. The number of nitrogens with one attached hydrogen (secondary N) is 1. The molecule has 5 rings (SSSR count). The van der Waals surface area contributed by atoms with Crippen LogP contribution in [0.3, 0.4) is 0 Å². The van der Waals surface area contributed by atoms with Gasteiger partial charge in [0.2, 0.25) is 5.13 Å². The van der Waals surface area contributed by atoms with E-state index in [1.54, 1.807) is 23.1 Å². The van der Waals surface area contributed by atoms with Crippen molar-refractivity contribution in [2.75, 3.05) is 5.32 Å². The van der Waals surface area contributed by atoms with Crippen LogP contribution < -0.4 is 5.32 Å². The van der Waals surface area contributed by atoms with Crippen molar-refractivity contribution >= 4 is 56.4 Å². The number of rotatable bonds is 6. The summed E-state index contributed by atoms with van der Waals surface area (Å²) < 4.78 is 6.89. The van der Waals surface area contributed by atoms with Crippen LogP contribution in [0.5, 0.6) is 0 Å². The number of fused-ring (bicyclic) bond motifs is 1. The molecule has 1 amide bonds. The number of nitrogens with zero attached hydrogens (tertiary/aromatic N) is 3. The van der Waals surface area contributed by atoms with E-state index in [-0.39, 0.29) is 5.91 Å². The number of carbonyl (C=O) groups excluding carboxylic acids is 1. The molecule has 6 nitrogen and oxygen atoms in total. The Labute approximate surface area is 173 Å². The second-order valence-corrected chi connectivity index (χ2v) is 9.71. The number of amides is 1. The van der Waals surface area contributed by atoms with E-state index in [1.807, 2.05) is 36.6 Å². The molecule has 1 aliphatic carbocycles. The topological polar surface area (TPSA) is 80.9 Å². The Morgan fingerprint density at radius 2 is 2.18 bits per heavy atom. The molecule has 0 saturated heterocycles. The van der Waals surface area contributed by atoms with E-state index in [1.165, 1.54) is 11.3 Å². The number of furan rings is 1. The predicted molar refractivity (Wildman–Crippen MR) is 112 cm³/mol. The summed E-state index contributed by atoms with van der Waals surface area (Å²) in [5.41, 5.74) is 2.58. The second-order valence-electron chi connectivity index (χ2n) is 6.62. The minimum atomic E-state index is -0.291. The lowest BCUT2D eigenvalue weighted by Gasteiger charge is -2.02. The summed E-state index contributed by atoms with van der Waals surface area (Å²) in [6.07, 6.45) is 2.31. The Bertz CT molecular complexity index is 1160. The van der Waals surface area contributed by atoms with Crippen LogP contribution in [0, 0.1) is 6.92 Å². The molecular formula is C19H16N4O2S3. The van der Waals surface area contributed by atoms with Gasteiger partial charge < -0.3 is 4.42 Å². The highest BCUT2D eigenvalue weighted by atomic mass is 32.2. The summed E-state index contributed by atoms with van der Waals surface area (Å²) in [7, 11) is 0. The highest BCUT2D eigenvalue weighted by Gasteiger charge is 2.28. The van der Waals surface area contributed by atoms with Gasteiger partial charge in [-0.1, -0.05) is 41.3 Å². The monoisotopic (exact) mass is 428 g/mol. The zero-order valence-electron chi connectivity index (χ0n) is 15.0. The number of para-hydroxylation sites is 1. The zero-order chi connectivity index (χ0) is 19.1. The summed E-state index contributed by atoms with van der Waals surface area (Å²) in [4.78, 5) is 17.4. The Morgan fingerprint density at radius 1 is 1.32 bits per heavy atom. The minimum absolute atomic E-state index is 0.291. The maximum absolute atomic E-state index is 12.9. The summed E-state index contributed by atoms with van der Waals surface area (Å²) >= 11 is 4.66. The maximum atomic E-state index is 12.9. The molecule has 142 valence electrons. The van der Waals surface area contributed by atoms with Crippen LogP contribution in [0.15, 0.2) is 38.4 Å². The third-order valence-corrected chi connectivity index (χ3v) is 7.60. The molecule has 28 heavy (non-hydrogen) atoms. The molecule has 0 atom stereocenters. The van der Waals surface area contributed by atoms with Gasteiger partial charge in [0, 0.05) is 33.7 Å². The van der Waals surface area contributed by atoms with Gasteiger partial charge in [0.25, 0.3) is 5.91 Å². The number of anilines is 1. The van der Waals surface area contributed by atoms with Crippen molar-refractivity contribution in [1.29, 1.82) is 0 Å². The first-order valence-electron chi connectivity index (χ1n) is 8.87. The largest absolute Gasteiger partial charge is 0.451 e. The molecule has 1 aromatic carbocycles. The smallest absolute Gasteiger partial charge is 0.293 e. The molecule has 0 aliphatic heterocycles. The summed E-state index contributed by atoms with van der Waals surface area (Å²) in [6, 6.07) is 7.72. The first-order chi connectivity index (χ1) is 13.7. The van der Waals surface area contributed by atoms with Crippen LogP contribution in [0.1, 0.15) is 45.6 Å². The van der Waals surface area contributed by atoms with Gasteiger partial charge in [-0.3, -0.25) is 10.1 Å². The van der Waals surface area contributed by atoms with Crippen molar-refractivity contribution in [3.63, 3.8) is 0 Å². The lowest BCUT2D eigenvalue weighted by molar-refractivity contribution is 0.0997. The van der Waals surface area contributed by atoms with Gasteiger partial charge in [-0.2, -0.15) is 0 Å². The van der Waals surface area contributed by atoms with Gasteiger partial charge in [0.15, 0.2) is 5.76 Å². The van der Waals surface area contributed by atoms with Crippen molar-refractivity contribution in [2.24, 2.45) is 0 Å². The van der Waals surface area contributed by atoms with Crippen molar-refractivity contribution in [3.8, 4) is 0 Å². The molecule has 0 radical (unpaired) electrons. The average molecular weight is 429 g/mol. The Morgan fingerprint density at radius 3 is 2.96 bits per heavy atom. The highest BCUT2D eigenvalue weighted by Crippen LogP contribution is 2.42. The lowest BCUT2D eigenvalue weighted by atomic mass is 10.1. The molecular weight excluding hydrogens is 412 g/mol. The van der Waals surface area contributed by atoms with Gasteiger partial charge in [-0.25, -0.2) is 4.98 Å². The Kier molecular flexibility index (Phi) is 4.65. The van der Waals surface area contributed by atoms with Gasteiger partial charge >= 0.3 is 0 Å². The number of hydrogen-bond acceptors (Lipinski definition) is 8. The molecule has 1 saturated carbocycles. The normalized spacial score (nSPS) is 13.9. The maximum Gasteiger partial charge on any atom is 0.293 e. The number of hydrogen-bond donors (Lipinski definition) is 1. The van der Waals surface area contributed by atoms with E-state index in [0.29, 0.717) is 28.1 Å². The van der Waals surface area contributed by atoms with E-state index in [4.69, 9.17) is 4.42 Å². The van der Waals surface area contributed by atoms with Crippen LogP contribution in [0.4, 0.5) is 5.13 Å². The van der Waals surface area contributed by atoms with Crippen LogP contribution in [0.25, 0.3) is 11.0 Å². The Hall–Kier alpha value is -2.23. The van der Waals surface area contributed by atoms with Gasteiger partial charge in [0.1, 0.15) is 14.9 Å². The minimum Gasteiger partial charge on any atom is -0.451 e. The van der Waals surface area contributed by atoms with Crippen molar-refractivity contribution in [1.82, 2.24) is 15.2 Å². The first-order valence-corrected chi connectivity index (χ1v) is 11.6. The standard InChI is InChI=1S/C19H16N4O2S3/c1-10-8-26-19(20-10)27-9-13-12-4-2-3-5-14(12)25-15(13)16(24)21-18-23-22-17(28-18)11-6-7-11/h2-5,8,11H,6-7,9H2,1H3,(H,21,23,24). The zero-order valence-corrected chi connectivity index (χ0v) is 17.4. The highest BCUT2D eigenvalue weighted by molar-refractivity contribution is 8.00. The number of thioether (sulfide) groups is 1. The fourth-order valence-corrected chi connectivity index (χ4v) is 5.68. The van der Waals surface area contributed by atoms with Crippen LogP contribution in [-0.2, 0) is 5.75 Å². The van der Waals surface area contributed by atoms with Crippen LogP contribution >= 0.6 is 34.4 Å². The number of aryl methyl sites for hydroxylation is 1. The second kappa shape index (κ2) is 7.31. The van der Waals surface area contributed by atoms with Gasteiger partial charge in [-0.15, -0.1) is 21.5 Å². The summed E-state index contributed by atoms with van der Waals surface area (Å²) in [5.74, 6) is 1.16. The van der Waals surface area contributed by atoms with Gasteiger partial charge in [0.05, 0.1) is 0 Å². The summed E-state index contributed by atoms with van der Waals surface area (Å²) in [5, 5.41) is 15.6. The molecule has 3 aromatic heterocycles. The fourth-order valence-electron chi connectivity index (χ4n) is 2.89. The van der Waals surface area contributed by atoms with E-state index in [2.05, 4.69) is 20.5 Å². The van der Waals surface area contributed by atoms with E-state index in [9.17, 15) is 4.79 Å². The Balaban J connectivity index is 1.42. The van der Waals surface area contributed by atoms with E-state index < -0.39 is 0 Å². The third kappa shape index (κ3) is 3.57. The summed E-state index contributed by atoms with van der Waals surface area (Å²) in [6.45, 7) is 1.98.